The first-order valence-corrected chi connectivity index (χ1v) is 12.6. The van der Waals surface area contributed by atoms with Crippen molar-refractivity contribution < 1.29 is 40.0 Å². The Hall–Kier alpha value is -3.58. The second kappa shape index (κ2) is 11.6. The summed E-state index contributed by atoms with van der Waals surface area (Å²) in [6, 6.07) is 12.7. The Kier molecular flexibility index (Phi) is 8.81. The number of hydrazone groups is 1. The summed E-state index contributed by atoms with van der Waals surface area (Å²) in [5.74, 6) is -0.154. The lowest BCUT2D eigenvalue weighted by Gasteiger charge is -2.15. The van der Waals surface area contributed by atoms with Crippen LogP contribution in [-0.2, 0) is 27.5 Å². The van der Waals surface area contributed by atoms with Gasteiger partial charge in [-0.25, -0.2) is 5.43 Å². The number of amides is 1. The largest absolute Gasteiger partial charge is 0.497 e. The molecule has 0 aliphatic heterocycles. The molecule has 3 aromatic carbocycles. The highest BCUT2D eigenvalue weighted by Crippen LogP contribution is 2.37. The van der Waals surface area contributed by atoms with Gasteiger partial charge in [-0.15, -0.1) is 0 Å². The van der Waals surface area contributed by atoms with Crippen molar-refractivity contribution in [3.8, 4) is 17.2 Å². The zero-order valence-corrected chi connectivity index (χ0v) is 21.8. The molecular formula is C24H20BrF3N2O6S. The molecule has 1 amide bonds. The number of carbonyl (C=O) groups is 1. The van der Waals surface area contributed by atoms with Crippen molar-refractivity contribution in [2.45, 2.75) is 17.5 Å². The van der Waals surface area contributed by atoms with Gasteiger partial charge in [0.05, 0.1) is 38.0 Å². The standard InChI is InChI=1S/C24H20BrF3N2O6S/c1-34-17-5-3-4-15(12-17)13-22(31)30-29-14-19-20(25)10-11-21(35-2)23(19)36-37(32,33)18-8-6-16(7-9-18)24(26,27)28/h3-12,14H,13H2,1-2H3,(H,30,31)/b29-14+. The average molecular weight is 601 g/mol. The number of methoxy groups -OCH3 is 2. The van der Waals surface area contributed by atoms with Gasteiger partial charge in [0.15, 0.2) is 11.5 Å². The van der Waals surface area contributed by atoms with Gasteiger partial charge in [-0.3, -0.25) is 4.79 Å². The van der Waals surface area contributed by atoms with E-state index in [-0.39, 0.29) is 23.5 Å². The summed E-state index contributed by atoms with van der Waals surface area (Å²) in [4.78, 5) is 11.8. The molecule has 0 saturated carbocycles. The molecule has 0 aliphatic carbocycles. The van der Waals surface area contributed by atoms with E-state index in [1.807, 2.05) is 0 Å². The van der Waals surface area contributed by atoms with Crippen LogP contribution >= 0.6 is 15.9 Å². The minimum atomic E-state index is -4.63. The molecule has 196 valence electrons. The molecule has 37 heavy (non-hydrogen) atoms. The van der Waals surface area contributed by atoms with Crippen LogP contribution < -0.4 is 19.1 Å². The highest BCUT2D eigenvalue weighted by atomic mass is 79.9. The van der Waals surface area contributed by atoms with Crippen molar-refractivity contribution in [2.24, 2.45) is 5.10 Å². The molecule has 0 saturated heterocycles. The van der Waals surface area contributed by atoms with Gasteiger partial charge in [0.25, 0.3) is 0 Å². The Labute approximate surface area is 219 Å². The van der Waals surface area contributed by atoms with Gasteiger partial charge in [0, 0.05) is 4.47 Å². The van der Waals surface area contributed by atoms with Crippen LogP contribution in [0.1, 0.15) is 16.7 Å². The van der Waals surface area contributed by atoms with Gasteiger partial charge >= 0.3 is 16.3 Å². The molecule has 0 spiro atoms. The van der Waals surface area contributed by atoms with E-state index in [9.17, 15) is 26.4 Å². The summed E-state index contributed by atoms with van der Waals surface area (Å²) < 4.78 is 80.1. The lowest BCUT2D eigenvalue weighted by atomic mass is 10.1. The number of alkyl halides is 3. The molecular weight excluding hydrogens is 581 g/mol. The highest BCUT2D eigenvalue weighted by molar-refractivity contribution is 9.10. The number of benzene rings is 3. The Morgan fingerprint density at radius 3 is 2.38 bits per heavy atom. The van der Waals surface area contributed by atoms with Crippen LogP contribution in [0, 0.1) is 0 Å². The quantitative estimate of drug-likeness (QED) is 0.212. The van der Waals surface area contributed by atoms with Gasteiger partial charge < -0.3 is 13.7 Å². The number of halogens is 4. The molecule has 1 N–H and O–H groups in total. The maximum atomic E-state index is 12.8. The zero-order chi connectivity index (χ0) is 27.2. The second-order valence-electron chi connectivity index (χ2n) is 7.37. The maximum Gasteiger partial charge on any atom is 0.416 e. The predicted molar refractivity (Wildman–Crippen MR) is 132 cm³/mol. The summed E-state index contributed by atoms with van der Waals surface area (Å²) >= 11 is 3.27. The predicted octanol–water partition coefficient (Wildman–Crippen LogP) is 4.95. The first-order chi connectivity index (χ1) is 17.4. The topological polar surface area (TPSA) is 103 Å². The molecule has 0 atom stereocenters. The first-order valence-electron chi connectivity index (χ1n) is 10.4. The van der Waals surface area contributed by atoms with E-state index in [2.05, 4.69) is 26.5 Å². The number of ether oxygens (including phenoxy) is 2. The Balaban J connectivity index is 1.84. The van der Waals surface area contributed by atoms with E-state index in [4.69, 9.17) is 13.7 Å². The van der Waals surface area contributed by atoms with Crippen molar-refractivity contribution in [3.63, 3.8) is 0 Å². The molecule has 13 heteroatoms. The molecule has 0 bridgehead atoms. The Bertz CT molecular complexity index is 1410. The fourth-order valence-electron chi connectivity index (χ4n) is 3.07. The number of hydrogen-bond acceptors (Lipinski definition) is 7. The third-order valence-corrected chi connectivity index (χ3v) is 6.80. The number of hydrogen-bond donors (Lipinski definition) is 1. The van der Waals surface area contributed by atoms with Crippen LogP contribution in [0.2, 0.25) is 0 Å². The third kappa shape index (κ3) is 7.23. The number of rotatable bonds is 9. The van der Waals surface area contributed by atoms with Gasteiger partial charge in [0.2, 0.25) is 5.91 Å². The third-order valence-electron chi connectivity index (χ3n) is 4.87. The van der Waals surface area contributed by atoms with Crippen molar-refractivity contribution in [1.82, 2.24) is 5.43 Å². The monoisotopic (exact) mass is 600 g/mol. The lowest BCUT2D eigenvalue weighted by molar-refractivity contribution is -0.137. The first kappa shape index (κ1) is 28.0. The van der Waals surface area contributed by atoms with Crippen molar-refractivity contribution in [3.05, 3.63) is 81.8 Å². The minimum Gasteiger partial charge on any atom is -0.497 e. The van der Waals surface area contributed by atoms with Crippen LogP contribution in [0.5, 0.6) is 17.2 Å². The van der Waals surface area contributed by atoms with E-state index in [1.165, 1.54) is 26.4 Å². The van der Waals surface area contributed by atoms with Crippen molar-refractivity contribution in [2.75, 3.05) is 14.2 Å². The normalized spacial score (nSPS) is 11.8. The molecule has 0 aliphatic rings. The van der Waals surface area contributed by atoms with Crippen LogP contribution in [-0.4, -0.2) is 34.8 Å². The molecule has 3 aromatic rings. The van der Waals surface area contributed by atoms with E-state index < -0.39 is 32.7 Å². The second-order valence-corrected chi connectivity index (χ2v) is 9.77. The lowest BCUT2D eigenvalue weighted by Crippen LogP contribution is -2.20. The fraction of sp³-hybridized carbons (Fsp3) is 0.167. The van der Waals surface area contributed by atoms with E-state index in [0.717, 1.165) is 18.3 Å². The number of nitrogens with one attached hydrogen (secondary N) is 1. The molecule has 3 rings (SSSR count). The summed E-state index contributed by atoms with van der Waals surface area (Å²) in [6.45, 7) is 0. The summed E-state index contributed by atoms with van der Waals surface area (Å²) in [5, 5.41) is 3.88. The van der Waals surface area contributed by atoms with Gasteiger partial charge in [0.1, 0.15) is 10.6 Å². The maximum absolute atomic E-state index is 12.8. The Morgan fingerprint density at radius 2 is 1.76 bits per heavy atom. The molecule has 0 heterocycles. The number of nitrogens with zero attached hydrogens (tertiary/aromatic N) is 1. The van der Waals surface area contributed by atoms with Gasteiger partial charge in [-0.1, -0.05) is 12.1 Å². The van der Waals surface area contributed by atoms with E-state index in [0.29, 0.717) is 27.9 Å². The van der Waals surface area contributed by atoms with Gasteiger partial charge in [-0.2, -0.15) is 26.7 Å². The highest BCUT2D eigenvalue weighted by Gasteiger charge is 2.31. The smallest absolute Gasteiger partial charge is 0.416 e. The van der Waals surface area contributed by atoms with Crippen LogP contribution in [0.4, 0.5) is 13.2 Å². The summed E-state index contributed by atoms with van der Waals surface area (Å²) in [7, 11) is -1.78. The van der Waals surface area contributed by atoms with Gasteiger partial charge in [-0.05, 0) is 70.0 Å². The average Bonchev–Trinajstić information content (AvgIpc) is 2.85. The van der Waals surface area contributed by atoms with Crippen LogP contribution in [0.25, 0.3) is 0 Å². The van der Waals surface area contributed by atoms with E-state index >= 15 is 0 Å². The van der Waals surface area contributed by atoms with Crippen LogP contribution in [0.15, 0.2) is 75.1 Å². The number of carbonyl (C=O) groups excluding carboxylic acids is 1. The molecule has 0 unspecified atom stereocenters. The summed E-state index contributed by atoms with van der Waals surface area (Å²) in [5.41, 5.74) is 2.11. The van der Waals surface area contributed by atoms with Crippen LogP contribution in [0.3, 0.4) is 0 Å². The Morgan fingerprint density at radius 1 is 1.05 bits per heavy atom. The fourth-order valence-corrected chi connectivity index (χ4v) is 4.44. The molecule has 0 radical (unpaired) electrons. The molecule has 8 nitrogen and oxygen atoms in total. The van der Waals surface area contributed by atoms with Crippen molar-refractivity contribution in [1.29, 1.82) is 0 Å². The molecule has 0 aromatic heterocycles. The summed E-state index contributed by atoms with van der Waals surface area (Å²) in [6.07, 6.45) is -3.48. The van der Waals surface area contributed by atoms with Crippen molar-refractivity contribution >= 4 is 38.2 Å². The zero-order valence-electron chi connectivity index (χ0n) is 19.4. The minimum absolute atomic E-state index is 0.000518. The molecule has 0 fully saturated rings. The SMILES string of the molecule is COc1cccc(CC(=O)N/N=C/c2c(Br)ccc(OC)c2OS(=O)(=O)c2ccc(C(F)(F)F)cc2)c1. The van der Waals surface area contributed by atoms with E-state index in [1.54, 1.807) is 24.3 Å².